The molecule has 0 aromatic carbocycles. The molecule has 8 heteroatoms. The number of carbonyl (C=O) groups is 2. The van der Waals surface area contributed by atoms with Crippen LogP contribution >= 0.6 is 0 Å². The van der Waals surface area contributed by atoms with Crippen LogP contribution in [0.1, 0.15) is 52.9 Å². The third kappa shape index (κ3) is 2.61. The Morgan fingerprint density at radius 3 is 2.70 bits per heavy atom. The van der Waals surface area contributed by atoms with Crippen molar-refractivity contribution in [1.82, 2.24) is 0 Å². The smallest absolute Gasteiger partial charge is 0.181 e. The summed E-state index contributed by atoms with van der Waals surface area (Å²) in [5.41, 5.74) is -0.130. The molecule has 0 aromatic rings. The molecular weight excluding hydrogens is 432 g/mol. The summed E-state index contributed by atoms with van der Waals surface area (Å²) in [5, 5.41) is 11.4. The van der Waals surface area contributed by atoms with Gasteiger partial charge in [-0.1, -0.05) is 26.3 Å². The Morgan fingerprint density at radius 1 is 1.30 bits per heavy atom. The number of halogens is 2. The largest absolute Gasteiger partial charge is 0.390 e. The molecule has 5 rings (SSSR count). The van der Waals surface area contributed by atoms with E-state index >= 15 is 8.78 Å². The molecule has 0 radical (unpaired) electrons. The van der Waals surface area contributed by atoms with E-state index in [4.69, 9.17) is 15.2 Å². The van der Waals surface area contributed by atoms with E-state index in [0.29, 0.717) is 12.8 Å². The standard InChI is InChI=1S/C25H33F2NO5/c1-4-5-21-32-20-10-14-15-9-17(26)16-8-13(29)6-7-22(16,2)24(15,27)18(30)11-23(14,3)25(20,33-21)19(31)12-28/h6-8,14-15,17-18,20-21,30H,4-5,9-12,28H2,1-3H3/t14-,15?,17-,18-,20+,21?,22-,23-,24-,25+/m0/s1. The van der Waals surface area contributed by atoms with Crippen LogP contribution in [-0.4, -0.2) is 59.2 Å². The van der Waals surface area contributed by atoms with E-state index in [1.165, 1.54) is 18.2 Å². The van der Waals surface area contributed by atoms with Crippen molar-refractivity contribution in [3.05, 3.63) is 23.8 Å². The van der Waals surface area contributed by atoms with Gasteiger partial charge in [0.1, 0.15) is 6.17 Å². The van der Waals surface area contributed by atoms with Crippen molar-refractivity contribution >= 4 is 11.6 Å². The van der Waals surface area contributed by atoms with E-state index in [1.807, 2.05) is 13.8 Å². The zero-order chi connectivity index (χ0) is 24.0. The zero-order valence-electron chi connectivity index (χ0n) is 19.4. The van der Waals surface area contributed by atoms with Crippen LogP contribution in [0.4, 0.5) is 8.78 Å². The predicted molar refractivity (Wildman–Crippen MR) is 115 cm³/mol. The average Bonchev–Trinajstić information content (AvgIpc) is 3.24. The minimum absolute atomic E-state index is 0.0449. The van der Waals surface area contributed by atoms with E-state index in [2.05, 4.69) is 0 Å². The molecule has 1 heterocycles. The molecule has 6 nitrogen and oxygen atoms in total. The molecule has 0 amide bonds. The van der Waals surface area contributed by atoms with E-state index in [1.54, 1.807) is 6.92 Å². The Kier molecular flexibility index (Phi) is 5.12. The van der Waals surface area contributed by atoms with Crippen LogP contribution in [0.2, 0.25) is 0 Å². The van der Waals surface area contributed by atoms with Gasteiger partial charge in [-0.3, -0.25) is 9.59 Å². The number of allylic oxidation sites excluding steroid dienone is 4. The lowest BCUT2D eigenvalue weighted by Gasteiger charge is -2.63. The minimum Gasteiger partial charge on any atom is -0.390 e. The minimum atomic E-state index is -2.20. The molecule has 10 atom stereocenters. The first-order valence-corrected chi connectivity index (χ1v) is 12.0. The molecule has 0 aromatic heterocycles. The highest BCUT2D eigenvalue weighted by Gasteiger charge is 2.79. The van der Waals surface area contributed by atoms with Crippen LogP contribution in [0.3, 0.4) is 0 Å². The zero-order valence-corrected chi connectivity index (χ0v) is 19.4. The van der Waals surface area contributed by atoms with E-state index in [9.17, 15) is 14.7 Å². The molecule has 1 aliphatic heterocycles. The van der Waals surface area contributed by atoms with Crippen LogP contribution < -0.4 is 5.73 Å². The number of ether oxygens (including phenoxy) is 2. The quantitative estimate of drug-likeness (QED) is 0.663. The summed E-state index contributed by atoms with van der Waals surface area (Å²) in [4.78, 5) is 25.3. The summed E-state index contributed by atoms with van der Waals surface area (Å²) in [5.74, 6) is -2.05. The third-order valence-electron chi connectivity index (χ3n) is 9.55. The molecule has 3 saturated carbocycles. The van der Waals surface area contributed by atoms with E-state index in [-0.39, 0.29) is 36.5 Å². The molecular formula is C25H33F2NO5. The molecule has 3 N–H and O–H groups in total. The Balaban J connectivity index is 1.62. The Hall–Kier alpha value is -1.48. The van der Waals surface area contributed by atoms with Crippen molar-refractivity contribution < 1.29 is 33.0 Å². The molecule has 4 aliphatic carbocycles. The summed E-state index contributed by atoms with van der Waals surface area (Å²) in [6.45, 7) is 5.13. The number of hydrogen-bond acceptors (Lipinski definition) is 6. The van der Waals surface area contributed by atoms with Crippen molar-refractivity contribution in [1.29, 1.82) is 0 Å². The number of aliphatic hydroxyl groups is 1. The molecule has 1 saturated heterocycles. The maximum Gasteiger partial charge on any atom is 0.181 e. The monoisotopic (exact) mass is 465 g/mol. The third-order valence-corrected chi connectivity index (χ3v) is 9.55. The lowest BCUT2D eigenvalue weighted by molar-refractivity contribution is -0.233. The Labute approximate surface area is 192 Å². The fourth-order valence-electron chi connectivity index (χ4n) is 8.04. The normalized spacial score (nSPS) is 52.6. The summed E-state index contributed by atoms with van der Waals surface area (Å²) < 4.78 is 45.2. The Morgan fingerprint density at radius 2 is 2.03 bits per heavy atom. The molecule has 0 spiro atoms. The number of alkyl halides is 2. The maximum atomic E-state index is 17.2. The maximum absolute atomic E-state index is 17.2. The fourth-order valence-corrected chi connectivity index (χ4v) is 8.04. The number of hydrogen-bond donors (Lipinski definition) is 2. The number of nitrogens with two attached hydrogens (primary N) is 1. The number of ketones is 2. The number of carbonyl (C=O) groups excluding carboxylic acids is 2. The second kappa shape index (κ2) is 7.26. The first kappa shape index (κ1) is 23.3. The SMILES string of the molecule is CCCC1O[C@@H]2C[C@H]3C4C[C@H](F)C5=CC(=O)C=C[C@]5(C)[C@@]4(F)[C@@H](O)C[C@]3(C)[C@]2(C(=O)CN)O1. The molecule has 2 unspecified atom stereocenters. The first-order chi connectivity index (χ1) is 15.5. The van der Waals surface area contributed by atoms with Crippen LogP contribution in [0, 0.1) is 22.7 Å². The van der Waals surface area contributed by atoms with Crippen molar-refractivity contribution in [3.63, 3.8) is 0 Å². The molecule has 33 heavy (non-hydrogen) atoms. The summed E-state index contributed by atoms with van der Waals surface area (Å²) in [7, 11) is 0. The highest BCUT2D eigenvalue weighted by atomic mass is 19.1. The van der Waals surface area contributed by atoms with Gasteiger partial charge in [0.15, 0.2) is 29.1 Å². The van der Waals surface area contributed by atoms with Gasteiger partial charge in [0.25, 0.3) is 0 Å². The molecule has 5 aliphatic rings. The van der Waals surface area contributed by atoms with Gasteiger partial charge in [0.2, 0.25) is 0 Å². The molecule has 4 fully saturated rings. The van der Waals surface area contributed by atoms with Gasteiger partial charge in [0.05, 0.1) is 18.8 Å². The van der Waals surface area contributed by atoms with Crippen molar-refractivity contribution in [2.24, 2.45) is 28.4 Å². The number of aliphatic hydroxyl groups excluding tert-OH is 1. The number of fused-ring (bicyclic) bond motifs is 7. The second-order valence-corrected chi connectivity index (χ2v) is 10.9. The topological polar surface area (TPSA) is 98.9 Å². The lowest BCUT2D eigenvalue weighted by atomic mass is 9.44. The van der Waals surface area contributed by atoms with Crippen molar-refractivity contribution in [3.8, 4) is 0 Å². The second-order valence-electron chi connectivity index (χ2n) is 10.9. The lowest BCUT2D eigenvalue weighted by Crippen LogP contribution is -2.71. The fraction of sp³-hybridized carbons (Fsp3) is 0.760. The summed E-state index contributed by atoms with van der Waals surface area (Å²) in [6.07, 6.45) is 1.15. The molecule has 182 valence electrons. The summed E-state index contributed by atoms with van der Waals surface area (Å²) in [6, 6.07) is 0. The van der Waals surface area contributed by atoms with Crippen LogP contribution in [0.15, 0.2) is 23.8 Å². The van der Waals surface area contributed by atoms with Crippen molar-refractivity contribution in [2.45, 2.75) is 88.8 Å². The van der Waals surface area contributed by atoms with Gasteiger partial charge in [-0.2, -0.15) is 0 Å². The van der Waals surface area contributed by atoms with Gasteiger partial charge in [-0.05, 0) is 56.3 Å². The van der Waals surface area contributed by atoms with Gasteiger partial charge in [-0.15, -0.1) is 0 Å². The van der Waals surface area contributed by atoms with Crippen LogP contribution in [0.5, 0.6) is 0 Å². The van der Waals surface area contributed by atoms with E-state index < -0.39 is 58.6 Å². The van der Waals surface area contributed by atoms with Gasteiger partial charge < -0.3 is 20.3 Å². The first-order valence-electron chi connectivity index (χ1n) is 12.0. The van der Waals surface area contributed by atoms with Gasteiger partial charge >= 0.3 is 0 Å². The van der Waals surface area contributed by atoms with E-state index in [0.717, 1.165) is 6.42 Å². The number of rotatable bonds is 4. The highest BCUT2D eigenvalue weighted by Crippen LogP contribution is 2.72. The van der Waals surface area contributed by atoms with Crippen LogP contribution in [0.25, 0.3) is 0 Å². The van der Waals surface area contributed by atoms with Crippen molar-refractivity contribution in [2.75, 3.05) is 6.54 Å². The average molecular weight is 466 g/mol. The predicted octanol–water partition coefficient (Wildman–Crippen LogP) is 2.72. The molecule has 0 bridgehead atoms. The van der Waals surface area contributed by atoms with Gasteiger partial charge in [-0.25, -0.2) is 8.78 Å². The van der Waals surface area contributed by atoms with Gasteiger partial charge in [0, 0.05) is 16.7 Å². The Bertz CT molecular complexity index is 953. The van der Waals surface area contributed by atoms with Crippen LogP contribution in [-0.2, 0) is 19.1 Å². The summed E-state index contributed by atoms with van der Waals surface area (Å²) >= 11 is 0. The number of Topliss-reactive ketones (excluding diaryl/α,β-unsaturated/α-hetero) is 1. The highest BCUT2D eigenvalue weighted by molar-refractivity contribution is 6.01.